The number of carbonyl (C=O) groups is 5. The summed E-state index contributed by atoms with van der Waals surface area (Å²) >= 11 is 0. The Morgan fingerprint density at radius 2 is 1.40 bits per heavy atom. The number of benzene rings is 3. The van der Waals surface area contributed by atoms with Crippen LogP contribution in [-0.4, -0.2) is 111 Å². The van der Waals surface area contributed by atoms with Crippen molar-refractivity contribution in [2.24, 2.45) is 16.7 Å². The largest absolute Gasteiger partial charge is 0.456 e. The van der Waals surface area contributed by atoms with Crippen molar-refractivity contribution in [3.63, 3.8) is 0 Å². The fraction of sp³-hybridized carbons (Fsp3) is 0.561. The third-order valence-corrected chi connectivity index (χ3v) is 26.8. The van der Waals surface area contributed by atoms with E-state index < -0.39 is 128 Å². The van der Waals surface area contributed by atoms with Gasteiger partial charge in [-0.05, 0) is 91.1 Å². The van der Waals surface area contributed by atoms with Crippen LogP contribution in [0.2, 0.25) is 36.3 Å². The molecule has 3 N–H and O–H groups in total. The van der Waals surface area contributed by atoms with E-state index in [0.717, 1.165) is 18.1 Å². The van der Waals surface area contributed by atoms with Gasteiger partial charge in [0.25, 0.3) is 5.91 Å². The van der Waals surface area contributed by atoms with E-state index in [1.165, 1.54) is 6.92 Å². The molecule has 2 saturated carbocycles. The number of fused-ring (bicyclic) bond motifs is 5. The molecule has 16 heteroatoms. The Kier molecular flexibility index (Phi) is 15.9. The number of carbonyl (C=O) groups excluding carboxylic acids is 5. The Morgan fingerprint density at radius 1 is 0.849 bits per heavy atom. The Hall–Kier alpha value is -4.82. The summed E-state index contributed by atoms with van der Waals surface area (Å²) in [6, 6.07) is 26.9. The summed E-state index contributed by atoms with van der Waals surface area (Å²) in [7, 11) is -5.50. The molecule has 4 aliphatic rings. The van der Waals surface area contributed by atoms with Crippen molar-refractivity contribution in [1.29, 1.82) is 0 Å². The summed E-state index contributed by atoms with van der Waals surface area (Å²) in [5, 5.41) is 29.9. The fourth-order valence-corrected chi connectivity index (χ4v) is 16.2. The summed E-state index contributed by atoms with van der Waals surface area (Å²) < 4.78 is 40.4. The second kappa shape index (κ2) is 20.7. The van der Waals surface area contributed by atoms with Crippen LogP contribution >= 0.6 is 0 Å². The molecule has 0 spiro atoms. The summed E-state index contributed by atoms with van der Waals surface area (Å²) in [5.41, 5.74) is -5.85. The molecule has 3 aromatic rings. The Labute approximate surface area is 433 Å². The number of hydrogen-bond donors (Lipinski definition) is 3. The van der Waals surface area contributed by atoms with Gasteiger partial charge in [-0.3, -0.25) is 14.4 Å². The van der Waals surface area contributed by atoms with Crippen LogP contribution in [-0.2, 0) is 42.2 Å². The van der Waals surface area contributed by atoms with Gasteiger partial charge in [-0.15, -0.1) is 0 Å². The van der Waals surface area contributed by atoms with Crippen LogP contribution in [0.25, 0.3) is 0 Å². The molecule has 1 amide bonds. The highest BCUT2D eigenvalue weighted by molar-refractivity contribution is 6.74. The van der Waals surface area contributed by atoms with Gasteiger partial charge < -0.3 is 43.3 Å². The predicted octanol–water partition coefficient (Wildman–Crippen LogP) is 9.22. The molecule has 396 valence electrons. The van der Waals surface area contributed by atoms with E-state index in [1.54, 1.807) is 113 Å². The molecule has 11 atom stereocenters. The molecule has 1 heterocycles. The normalized spacial score (nSPS) is 29.7. The number of ketones is 1. The molecule has 1 aliphatic heterocycles. The van der Waals surface area contributed by atoms with Gasteiger partial charge in [0.15, 0.2) is 34.1 Å². The Balaban J connectivity index is 1.44. The topological polar surface area (TPSA) is 193 Å². The van der Waals surface area contributed by atoms with Gasteiger partial charge in [0, 0.05) is 30.7 Å². The first-order chi connectivity index (χ1) is 34.2. The fourth-order valence-electron chi connectivity index (χ4n) is 12.0. The van der Waals surface area contributed by atoms with Gasteiger partial charge in [0.1, 0.15) is 30.0 Å². The highest BCUT2D eigenvalue weighted by atomic mass is 28.4. The van der Waals surface area contributed by atoms with Crippen molar-refractivity contribution in [3.05, 3.63) is 119 Å². The molecule has 73 heavy (non-hydrogen) atoms. The number of nitrogens with one attached hydrogen (secondary N) is 1. The van der Waals surface area contributed by atoms with E-state index in [2.05, 4.69) is 26.1 Å². The van der Waals surface area contributed by atoms with E-state index in [1.807, 2.05) is 39.9 Å². The first-order valence-electron chi connectivity index (χ1n) is 25.9. The van der Waals surface area contributed by atoms with Crippen molar-refractivity contribution in [1.82, 2.24) is 5.32 Å². The molecular weight excluding hydrogens is 963 g/mol. The Morgan fingerprint density at radius 3 is 1.90 bits per heavy atom. The molecular formula is C57H77NO13Si2. The molecule has 14 nitrogen and oxygen atoms in total. The maximum Gasteiger partial charge on any atom is 0.338 e. The van der Waals surface area contributed by atoms with Gasteiger partial charge >= 0.3 is 17.9 Å². The van der Waals surface area contributed by atoms with Gasteiger partial charge in [0.05, 0.1) is 35.6 Å². The van der Waals surface area contributed by atoms with E-state index >= 15 is 9.59 Å². The molecule has 0 aromatic heterocycles. The first kappa shape index (κ1) is 55.9. The first-order valence-corrected chi connectivity index (χ1v) is 31.3. The minimum absolute atomic E-state index is 0.0839. The molecule has 3 aliphatic carbocycles. The van der Waals surface area contributed by atoms with Crippen LogP contribution in [0.3, 0.4) is 0 Å². The van der Waals surface area contributed by atoms with E-state index in [9.17, 15) is 24.6 Å². The maximum absolute atomic E-state index is 16.1. The van der Waals surface area contributed by atoms with Gasteiger partial charge in [0.2, 0.25) is 0 Å². The summed E-state index contributed by atoms with van der Waals surface area (Å²) in [6.45, 7) is 24.0. The maximum atomic E-state index is 16.1. The minimum Gasteiger partial charge on any atom is -0.456 e. The molecule has 3 fully saturated rings. The zero-order chi connectivity index (χ0) is 53.7. The predicted molar refractivity (Wildman–Crippen MR) is 280 cm³/mol. The Bertz CT molecular complexity index is 2550. The number of amides is 1. The van der Waals surface area contributed by atoms with Gasteiger partial charge in [-0.25, -0.2) is 9.59 Å². The molecule has 7 rings (SSSR count). The van der Waals surface area contributed by atoms with E-state index in [-0.39, 0.29) is 24.2 Å². The minimum atomic E-state index is -2.90. The second-order valence-corrected chi connectivity index (χ2v) is 32.4. The number of aliphatic hydroxyl groups is 2. The summed E-state index contributed by atoms with van der Waals surface area (Å²) in [6.07, 6.45) is -8.52. The summed E-state index contributed by atoms with van der Waals surface area (Å²) in [4.78, 5) is 74.0. The number of Topliss-reactive ketones (excluding diaryl/α,β-unsaturated/α-hetero) is 1. The monoisotopic (exact) mass is 1040 g/mol. The average molecular weight is 1040 g/mol. The third kappa shape index (κ3) is 9.86. The van der Waals surface area contributed by atoms with Crippen LogP contribution in [0, 0.1) is 16.7 Å². The lowest BCUT2D eigenvalue weighted by atomic mass is 9.44. The lowest BCUT2D eigenvalue weighted by Crippen LogP contribution is -2.82. The zero-order valence-electron chi connectivity index (χ0n) is 44.9. The van der Waals surface area contributed by atoms with Crippen LogP contribution in [0.5, 0.6) is 0 Å². The number of aliphatic hydroxyl groups excluding tert-OH is 1. The molecule has 2 bridgehead atoms. The SMILES string of the molecule is CC[Si](CC)(CC)O[C@H]1C[C@H]2OC[C@@]2(OC(C)=O)[C@H]2[C@H](OC(=O)c3ccccc3)[C@]3(O)CC(OC(=O)[C@H](O[Si](C)(C)C(C)(C)C)[C@@H](NC(=O)c4ccccc4)c4ccccc4)C(C)=C([C@@H](O)C(=O)[C@]12C)C3(C)C. The van der Waals surface area contributed by atoms with E-state index in [0.29, 0.717) is 16.7 Å². The third-order valence-electron chi connectivity index (χ3n) is 17.7. The molecule has 3 aromatic carbocycles. The van der Waals surface area contributed by atoms with E-state index in [4.69, 9.17) is 27.8 Å². The van der Waals surface area contributed by atoms with Gasteiger partial charge in [-0.1, -0.05) is 122 Å². The van der Waals surface area contributed by atoms with Crippen molar-refractivity contribution in [2.45, 2.75) is 179 Å². The van der Waals surface area contributed by atoms with Crippen LogP contribution in [0.4, 0.5) is 0 Å². The quantitative estimate of drug-likeness (QED) is 0.0533. The van der Waals surface area contributed by atoms with Crippen molar-refractivity contribution >= 4 is 46.2 Å². The number of ether oxygens (including phenoxy) is 4. The average Bonchev–Trinajstić information content (AvgIpc) is 3.35. The highest BCUT2D eigenvalue weighted by Crippen LogP contribution is 2.65. The smallest absolute Gasteiger partial charge is 0.338 e. The van der Waals surface area contributed by atoms with Crippen LogP contribution in [0.1, 0.15) is 121 Å². The van der Waals surface area contributed by atoms with Crippen molar-refractivity contribution < 1.29 is 62.0 Å². The highest BCUT2D eigenvalue weighted by Gasteiger charge is 2.78. The second-order valence-electron chi connectivity index (χ2n) is 23.0. The van der Waals surface area contributed by atoms with Crippen molar-refractivity contribution in [2.75, 3.05) is 6.61 Å². The lowest BCUT2D eigenvalue weighted by Gasteiger charge is -2.68. The lowest BCUT2D eigenvalue weighted by molar-refractivity contribution is -0.344. The van der Waals surface area contributed by atoms with Crippen LogP contribution < -0.4 is 5.32 Å². The molecule has 1 unspecified atom stereocenters. The number of hydrogen-bond acceptors (Lipinski definition) is 13. The molecule has 0 radical (unpaired) electrons. The zero-order valence-corrected chi connectivity index (χ0v) is 46.9. The number of rotatable bonds is 16. The number of esters is 3. The molecule has 1 saturated heterocycles. The summed E-state index contributed by atoms with van der Waals surface area (Å²) in [5.74, 6) is -4.91. The standard InChI is InChI=1S/C57H77NO13Si2/c1-14-73(15-2,16-3)70-41-32-42-56(34-66-42,69-36(5)59)47-49(68-51(63)39-30-24-19-25-31-39)57(65)33-40(35(4)43(54(57,9)10)45(60)48(61)55(41,47)11)67-52(64)46(71-72(12,13)53(6,7)8)44(37-26-20-17-21-27-37)58-50(62)38-28-22-18-23-29-38/h17-31,40-42,44-47,49,60,65H,14-16,32-34H2,1-13H3,(H,58,62)/t40?,41-,42+,44-,45+,46+,47-,49-,55+,56-,57+/m0/s1. The van der Waals surface area contributed by atoms with Crippen LogP contribution in [0.15, 0.2) is 102 Å². The van der Waals surface area contributed by atoms with Gasteiger partial charge in [-0.2, -0.15) is 0 Å². The van der Waals surface area contributed by atoms with Crippen molar-refractivity contribution in [3.8, 4) is 0 Å².